The van der Waals surface area contributed by atoms with Gasteiger partial charge < -0.3 is 9.47 Å². The first-order valence-corrected chi connectivity index (χ1v) is 5.84. The van der Waals surface area contributed by atoms with Gasteiger partial charge >= 0.3 is 0 Å². The second-order valence-electron chi connectivity index (χ2n) is 3.14. The van der Waals surface area contributed by atoms with E-state index in [-0.39, 0.29) is 5.44 Å². The van der Waals surface area contributed by atoms with Crippen molar-refractivity contribution in [1.82, 2.24) is 0 Å². The Morgan fingerprint density at radius 3 is 2.87 bits per heavy atom. The van der Waals surface area contributed by atoms with Crippen molar-refractivity contribution >= 4 is 11.8 Å². The van der Waals surface area contributed by atoms with Crippen molar-refractivity contribution in [2.24, 2.45) is 0 Å². The molecule has 1 saturated heterocycles. The van der Waals surface area contributed by atoms with E-state index < -0.39 is 0 Å². The topological polar surface area (TPSA) is 18.5 Å². The lowest BCUT2D eigenvalue weighted by Gasteiger charge is -2.09. The summed E-state index contributed by atoms with van der Waals surface area (Å²) in [6.07, 6.45) is 5.11. The molecule has 0 aliphatic carbocycles. The molecule has 15 heavy (non-hydrogen) atoms. The van der Waals surface area contributed by atoms with Gasteiger partial charge in [0.15, 0.2) is 0 Å². The maximum Gasteiger partial charge on any atom is 0.148 e. The highest BCUT2D eigenvalue weighted by atomic mass is 32.2. The van der Waals surface area contributed by atoms with Gasteiger partial charge in [-0.05, 0) is 17.7 Å². The van der Waals surface area contributed by atoms with Crippen LogP contribution in [-0.2, 0) is 4.74 Å². The minimum absolute atomic E-state index is 0.187. The van der Waals surface area contributed by atoms with Crippen molar-refractivity contribution in [2.75, 3.05) is 19.0 Å². The largest absolute Gasteiger partial charge is 0.481 e. The zero-order valence-corrected chi connectivity index (χ0v) is 9.13. The number of hydrogen-bond acceptors (Lipinski definition) is 3. The van der Waals surface area contributed by atoms with E-state index in [1.165, 1.54) is 5.56 Å². The maximum absolute atomic E-state index is 5.55. The molecule has 0 bridgehead atoms. The van der Waals surface area contributed by atoms with Crippen LogP contribution in [0.3, 0.4) is 0 Å². The second kappa shape index (κ2) is 5.11. The average molecular weight is 220 g/mol. The first-order valence-electron chi connectivity index (χ1n) is 4.79. The van der Waals surface area contributed by atoms with Crippen LogP contribution in [0.1, 0.15) is 11.0 Å². The fourth-order valence-electron chi connectivity index (χ4n) is 1.40. The Balaban J connectivity index is 2.00. The van der Waals surface area contributed by atoms with Gasteiger partial charge in [-0.1, -0.05) is 18.1 Å². The normalized spacial score (nSPS) is 19.8. The Kier molecular flexibility index (Phi) is 3.54. The molecule has 0 spiro atoms. The van der Waals surface area contributed by atoms with Gasteiger partial charge in [-0.3, -0.25) is 0 Å². The van der Waals surface area contributed by atoms with Crippen LogP contribution in [-0.4, -0.2) is 19.0 Å². The lowest BCUT2D eigenvalue weighted by atomic mass is 10.2. The van der Waals surface area contributed by atoms with Gasteiger partial charge in [-0.15, -0.1) is 18.2 Å². The van der Waals surface area contributed by atoms with E-state index in [0.29, 0.717) is 6.61 Å². The Morgan fingerprint density at radius 1 is 1.47 bits per heavy atom. The summed E-state index contributed by atoms with van der Waals surface area (Å²) < 4.78 is 10.8. The maximum atomic E-state index is 5.55. The number of terminal acetylenes is 1. The van der Waals surface area contributed by atoms with Crippen LogP contribution in [0.4, 0.5) is 0 Å². The molecular weight excluding hydrogens is 208 g/mol. The predicted octanol–water partition coefficient (Wildman–Crippen LogP) is 2.46. The molecule has 1 aromatic rings. The van der Waals surface area contributed by atoms with E-state index in [1.807, 2.05) is 36.0 Å². The summed E-state index contributed by atoms with van der Waals surface area (Å²) in [6.45, 7) is 1.15. The second-order valence-corrected chi connectivity index (χ2v) is 4.31. The standard InChI is InChI=1S/C12H12O2S/c1-2-7-13-11-5-3-10(4-6-11)12-14-8-9-15-12/h1,3-6,12H,7-9H2. The Bertz CT molecular complexity index is 347. The summed E-state index contributed by atoms with van der Waals surface area (Å²) in [5, 5.41) is 0. The first-order chi connectivity index (χ1) is 7.40. The SMILES string of the molecule is C#CCOc1ccc(C2OCCS2)cc1. The molecule has 0 N–H and O–H groups in total. The van der Waals surface area contributed by atoms with Crippen LogP contribution >= 0.6 is 11.8 Å². The van der Waals surface area contributed by atoms with E-state index in [2.05, 4.69) is 5.92 Å². The van der Waals surface area contributed by atoms with Gasteiger partial charge in [0.25, 0.3) is 0 Å². The molecule has 0 saturated carbocycles. The summed E-state index contributed by atoms with van der Waals surface area (Å²) in [5.74, 6) is 4.31. The molecular formula is C12H12O2S. The fourth-order valence-corrected chi connectivity index (χ4v) is 2.35. The monoisotopic (exact) mass is 220 g/mol. The predicted molar refractivity (Wildman–Crippen MR) is 61.9 cm³/mol. The molecule has 2 rings (SSSR count). The molecule has 1 atom stereocenters. The molecule has 1 aliphatic heterocycles. The third-order valence-electron chi connectivity index (χ3n) is 2.10. The molecule has 0 aromatic heterocycles. The lowest BCUT2D eigenvalue weighted by Crippen LogP contribution is -1.95. The zero-order valence-electron chi connectivity index (χ0n) is 8.31. The Labute approximate surface area is 94.0 Å². The highest BCUT2D eigenvalue weighted by Crippen LogP contribution is 2.35. The van der Waals surface area contributed by atoms with Crippen LogP contribution in [0.15, 0.2) is 24.3 Å². The van der Waals surface area contributed by atoms with Crippen molar-refractivity contribution < 1.29 is 9.47 Å². The van der Waals surface area contributed by atoms with Crippen LogP contribution < -0.4 is 4.74 Å². The first kappa shape index (κ1) is 10.4. The van der Waals surface area contributed by atoms with Gasteiger partial charge in [0.05, 0.1) is 6.61 Å². The van der Waals surface area contributed by atoms with Gasteiger partial charge in [0.1, 0.15) is 17.8 Å². The Morgan fingerprint density at radius 2 is 2.27 bits per heavy atom. The minimum Gasteiger partial charge on any atom is -0.481 e. The third-order valence-corrected chi connectivity index (χ3v) is 3.21. The number of thioether (sulfide) groups is 1. The summed E-state index contributed by atoms with van der Waals surface area (Å²) in [4.78, 5) is 0. The highest BCUT2D eigenvalue weighted by molar-refractivity contribution is 7.99. The molecule has 1 fully saturated rings. The lowest BCUT2D eigenvalue weighted by molar-refractivity contribution is 0.145. The van der Waals surface area contributed by atoms with E-state index in [9.17, 15) is 0 Å². The van der Waals surface area contributed by atoms with Crippen LogP contribution in [0.5, 0.6) is 5.75 Å². The number of benzene rings is 1. The third kappa shape index (κ3) is 2.68. The van der Waals surface area contributed by atoms with Gasteiger partial charge in [0, 0.05) is 5.75 Å². The van der Waals surface area contributed by atoms with Crippen LogP contribution in [0.2, 0.25) is 0 Å². The number of rotatable bonds is 3. The van der Waals surface area contributed by atoms with Gasteiger partial charge in [-0.2, -0.15) is 0 Å². The fraction of sp³-hybridized carbons (Fsp3) is 0.333. The van der Waals surface area contributed by atoms with Gasteiger partial charge in [0.2, 0.25) is 0 Å². The Hall–Kier alpha value is -1.11. The van der Waals surface area contributed by atoms with Crippen molar-refractivity contribution in [3.63, 3.8) is 0 Å². The van der Waals surface area contributed by atoms with Gasteiger partial charge in [-0.25, -0.2) is 0 Å². The molecule has 1 aliphatic rings. The summed E-state index contributed by atoms with van der Waals surface area (Å²) >= 11 is 1.82. The van der Waals surface area contributed by atoms with E-state index >= 15 is 0 Å². The highest BCUT2D eigenvalue weighted by Gasteiger charge is 2.17. The number of ether oxygens (including phenoxy) is 2. The zero-order chi connectivity index (χ0) is 10.5. The van der Waals surface area contributed by atoms with Crippen molar-refractivity contribution in [2.45, 2.75) is 5.44 Å². The van der Waals surface area contributed by atoms with E-state index in [4.69, 9.17) is 15.9 Å². The average Bonchev–Trinajstić information content (AvgIpc) is 2.80. The molecule has 1 aromatic carbocycles. The molecule has 3 heteroatoms. The number of hydrogen-bond donors (Lipinski definition) is 0. The van der Waals surface area contributed by atoms with Crippen molar-refractivity contribution in [1.29, 1.82) is 0 Å². The summed E-state index contributed by atoms with van der Waals surface area (Å²) in [5.41, 5.74) is 1.37. The van der Waals surface area contributed by atoms with Crippen LogP contribution in [0.25, 0.3) is 0 Å². The molecule has 0 amide bonds. The molecule has 2 nitrogen and oxygen atoms in total. The summed E-state index contributed by atoms with van der Waals surface area (Å²) in [7, 11) is 0. The molecule has 1 unspecified atom stereocenters. The van der Waals surface area contributed by atoms with E-state index in [0.717, 1.165) is 18.1 Å². The summed E-state index contributed by atoms with van der Waals surface area (Å²) in [6, 6.07) is 7.90. The minimum atomic E-state index is 0.187. The smallest absolute Gasteiger partial charge is 0.148 e. The molecule has 1 heterocycles. The van der Waals surface area contributed by atoms with Crippen molar-refractivity contribution in [3.05, 3.63) is 29.8 Å². The van der Waals surface area contributed by atoms with E-state index in [1.54, 1.807) is 0 Å². The quantitative estimate of drug-likeness (QED) is 0.729. The van der Waals surface area contributed by atoms with Crippen molar-refractivity contribution in [3.8, 4) is 18.1 Å². The molecule has 0 radical (unpaired) electrons. The molecule has 78 valence electrons. The van der Waals surface area contributed by atoms with Crippen LogP contribution in [0, 0.1) is 12.3 Å².